The second-order valence-corrected chi connectivity index (χ2v) is 9.79. The lowest BCUT2D eigenvalue weighted by atomic mass is 10.0. The zero-order valence-electron chi connectivity index (χ0n) is 23.2. The molecule has 2 saturated heterocycles. The number of halogens is 4. The van der Waals surface area contributed by atoms with Crippen LogP contribution in [0, 0.1) is 0 Å². The van der Waals surface area contributed by atoms with Gasteiger partial charge in [-0.2, -0.15) is 0 Å². The predicted molar refractivity (Wildman–Crippen MR) is 180 cm³/mol. The van der Waals surface area contributed by atoms with Crippen LogP contribution in [-0.4, -0.2) is 65.3 Å². The van der Waals surface area contributed by atoms with E-state index in [0.29, 0.717) is 17.3 Å². The van der Waals surface area contributed by atoms with Gasteiger partial charge in [0.25, 0.3) is 5.56 Å². The summed E-state index contributed by atoms with van der Waals surface area (Å²) in [7, 11) is 1.78. The third-order valence-electron chi connectivity index (χ3n) is 7.48. The van der Waals surface area contributed by atoms with Crippen molar-refractivity contribution in [3.8, 4) is 11.4 Å². The summed E-state index contributed by atoms with van der Waals surface area (Å²) < 4.78 is 1.62. The number of anilines is 3. The smallest absolute Gasteiger partial charge is 0.255 e. The Kier molecular flexibility index (Phi) is 13.3. The molecule has 226 valence electrons. The fraction of sp³-hybridized carbons (Fsp3) is 0.310. The molecule has 1 atom stereocenters. The molecule has 42 heavy (non-hydrogen) atoms. The summed E-state index contributed by atoms with van der Waals surface area (Å²) in [4.78, 5) is 32.9. The minimum Gasteiger partial charge on any atom is -0.368 e. The number of hydrogen-bond donors (Lipinski definition) is 1. The van der Waals surface area contributed by atoms with Crippen molar-refractivity contribution in [2.75, 3.05) is 60.5 Å². The third-order valence-corrected chi connectivity index (χ3v) is 7.48. The van der Waals surface area contributed by atoms with Gasteiger partial charge in [-0.1, -0.05) is 30.3 Å². The summed E-state index contributed by atoms with van der Waals surface area (Å²) in [5, 5.41) is 3.64. The van der Waals surface area contributed by atoms with Gasteiger partial charge in [-0.3, -0.25) is 9.36 Å². The first-order chi connectivity index (χ1) is 18.7. The van der Waals surface area contributed by atoms with Crippen molar-refractivity contribution >= 4 is 67.0 Å². The van der Waals surface area contributed by atoms with Crippen LogP contribution in [0.5, 0.6) is 0 Å². The Morgan fingerprint density at radius 3 is 2.02 bits per heavy atom. The number of piperazine rings is 2. The van der Waals surface area contributed by atoms with Gasteiger partial charge in [0.05, 0.1) is 11.4 Å². The summed E-state index contributed by atoms with van der Waals surface area (Å²) in [6.07, 6.45) is 3.14. The van der Waals surface area contributed by atoms with Gasteiger partial charge in [0, 0.05) is 82.5 Å². The van der Waals surface area contributed by atoms with Gasteiger partial charge in [0.1, 0.15) is 6.33 Å². The summed E-state index contributed by atoms with van der Waals surface area (Å²) in [6, 6.07) is 23.0. The van der Waals surface area contributed by atoms with Crippen molar-refractivity contribution in [2.24, 2.45) is 7.05 Å². The first kappa shape index (κ1) is 35.1. The number of aromatic nitrogens is 4. The molecule has 0 saturated carbocycles. The molecule has 2 aliphatic heterocycles. The monoisotopic (exact) mass is 652 g/mol. The van der Waals surface area contributed by atoms with Crippen LogP contribution in [0.25, 0.3) is 11.4 Å². The van der Waals surface area contributed by atoms with Gasteiger partial charge in [-0.05, 0) is 35.9 Å². The zero-order valence-corrected chi connectivity index (χ0v) is 26.5. The second-order valence-electron chi connectivity index (χ2n) is 9.79. The Morgan fingerprint density at radius 2 is 1.40 bits per heavy atom. The second kappa shape index (κ2) is 16.0. The van der Waals surface area contributed by atoms with E-state index in [1.165, 1.54) is 29.3 Å². The molecule has 2 fully saturated rings. The molecule has 0 radical (unpaired) electrons. The zero-order chi connectivity index (χ0) is 25.9. The van der Waals surface area contributed by atoms with E-state index in [2.05, 4.69) is 84.6 Å². The summed E-state index contributed by atoms with van der Waals surface area (Å²) in [6.45, 7) is 6.35. The molecule has 4 heterocycles. The molecule has 9 nitrogen and oxygen atoms in total. The molecule has 0 amide bonds. The molecular formula is C29H36Cl4N8O. The highest BCUT2D eigenvalue weighted by atomic mass is 35.5. The number of nitrogens with zero attached hydrogens (tertiary/aromatic N) is 7. The molecule has 0 spiro atoms. The van der Waals surface area contributed by atoms with Crippen molar-refractivity contribution in [1.29, 1.82) is 0 Å². The van der Waals surface area contributed by atoms with E-state index in [-0.39, 0.29) is 61.2 Å². The van der Waals surface area contributed by atoms with Gasteiger partial charge in [-0.15, -0.1) is 49.6 Å². The van der Waals surface area contributed by atoms with Crippen LogP contribution in [0.15, 0.2) is 84.0 Å². The highest BCUT2D eigenvalue weighted by Crippen LogP contribution is 2.26. The lowest BCUT2D eigenvalue weighted by Crippen LogP contribution is -2.48. The van der Waals surface area contributed by atoms with E-state index in [1.807, 2.05) is 0 Å². The molecule has 1 N–H and O–H groups in total. The number of benzene rings is 2. The van der Waals surface area contributed by atoms with Crippen LogP contribution in [0.4, 0.5) is 17.3 Å². The minimum atomic E-state index is -0.101. The molecule has 2 aromatic carbocycles. The highest BCUT2D eigenvalue weighted by Gasteiger charge is 2.25. The standard InChI is InChI=1S/C29H32N8O.4ClH/c1-34-28(38)19-26(25-11-12-30-21-32-25)33-29(34)37-14-13-31-27(20-37)22-7-9-24(10-8-22)36-17-15-35(16-18-36)23-5-3-2-4-6-23;;;;/h2-12,19,21,27,31H,13-18,20H2,1H3;4*1H/t27-;;;;/m1..../s1. The number of hydrogen-bond acceptors (Lipinski definition) is 8. The first-order valence-corrected chi connectivity index (χ1v) is 13.1. The normalized spacial score (nSPS) is 16.3. The van der Waals surface area contributed by atoms with Crippen molar-refractivity contribution < 1.29 is 0 Å². The van der Waals surface area contributed by atoms with Crippen molar-refractivity contribution in [3.05, 3.63) is 95.2 Å². The van der Waals surface area contributed by atoms with Gasteiger partial charge < -0.3 is 20.0 Å². The van der Waals surface area contributed by atoms with Crippen LogP contribution >= 0.6 is 49.6 Å². The van der Waals surface area contributed by atoms with Crippen LogP contribution < -0.4 is 25.6 Å². The highest BCUT2D eigenvalue weighted by molar-refractivity contribution is 5.86. The Bertz CT molecular complexity index is 1440. The molecule has 2 aliphatic rings. The van der Waals surface area contributed by atoms with Crippen LogP contribution in [0.1, 0.15) is 11.6 Å². The van der Waals surface area contributed by atoms with E-state index in [1.54, 1.807) is 23.9 Å². The van der Waals surface area contributed by atoms with Crippen LogP contribution in [-0.2, 0) is 7.05 Å². The van der Waals surface area contributed by atoms with Crippen molar-refractivity contribution in [3.63, 3.8) is 0 Å². The summed E-state index contributed by atoms with van der Waals surface area (Å²) >= 11 is 0. The fourth-order valence-electron chi connectivity index (χ4n) is 5.32. The van der Waals surface area contributed by atoms with Crippen LogP contribution in [0.3, 0.4) is 0 Å². The molecule has 0 aliphatic carbocycles. The molecule has 0 unspecified atom stereocenters. The SMILES string of the molecule is Cl.Cl.Cl.Cl.Cn1c(N2CCN[C@@H](c3ccc(N4CCN(c5ccccc5)CC4)cc3)C2)nc(-c2ccncn2)cc1=O. The number of rotatable bonds is 5. The fourth-order valence-corrected chi connectivity index (χ4v) is 5.32. The molecule has 0 bridgehead atoms. The van der Waals surface area contributed by atoms with Gasteiger partial charge in [0.2, 0.25) is 5.95 Å². The maximum absolute atomic E-state index is 12.7. The van der Waals surface area contributed by atoms with E-state index in [0.717, 1.165) is 45.8 Å². The van der Waals surface area contributed by atoms with E-state index in [4.69, 9.17) is 4.98 Å². The van der Waals surface area contributed by atoms with Gasteiger partial charge >= 0.3 is 0 Å². The van der Waals surface area contributed by atoms with Crippen LogP contribution in [0.2, 0.25) is 0 Å². The number of para-hydroxylation sites is 1. The molecular weight excluding hydrogens is 618 g/mol. The quantitative estimate of drug-likeness (QED) is 0.340. The van der Waals surface area contributed by atoms with E-state index >= 15 is 0 Å². The number of nitrogens with one attached hydrogen (secondary N) is 1. The average Bonchev–Trinajstić information content (AvgIpc) is 2.99. The van der Waals surface area contributed by atoms with Crippen molar-refractivity contribution in [1.82, 2.24) is 24.8 Å². The first-order valence-electron chi connectivity index (χ1n) is 13.1. The molecule has 4 aromatic rings. The minimum absolute atomic E-state index is 0. The Hall–Kier alpha value is -3.08. The summed E-state index contributed by atoms with van der Waals surface area (Å²) in [5.41, 5.74) is 4.90. The lowest BCUT2D eigenvalue weighted by Gasteiger charge is -2.38. The Morgan fingerprint density at radius 1 is 0.762 bits per heavy atom. The summed E-state index contributed by atoms with van der Waals surface area (Å²) in [5.74, 6) is 0.658. The Balaban J connectivity index is 0.00000154. The maximum Gasteiger partial charge on any atom is 0.255 e. The third kappa shape index (κ3) is 7.65. The lowest BCUT2D eigenvalue weighted by molar-refractivity contribution is 0.462. The van der Waals surface area contributed by atoms with E-state index in [9.17, 15) is 4.79 Å². The molecule has 2 aromatic heterocycles. The van der Waals surface area contributed by atoms with Gasteiger partial charge in [0.15, 0.2) is 0 Å². The Labute approximate surface area is 271 Å². The average molecular weight is 654 g/mol. The predicted octanol–water partition coefficient (Wildman–Crippen LogP) is 4.40. The largest absolute Gasteiger partial charge is 0.368 e. The topological polar surface area (TPSA) is 82.4 Å². The van der Waals surface area contributed by atoms with Crippen molar-refractivity contribution in [2.45, 2.75) is 6.04 Å². The molecule has 6 rings (SSSR count). The maximum atomic E-state index is 12.7. The van der Waals surface area contributed by atoms with Gasteiger partial charge in [-0.25, -0.2) is 15.0 Å². The molecule has 13 heteroatoms. The van der Waals surface area contributed by atoms with E-state index < -0.39 is 0 Å².